The Morgan fingerprint density at radius 3 is 2.45 bits per heavy atom. The Morgan fingerprint density at radius 2 is 1.67 bits per heavy atom. The maximum Gasteiger partial charge on any atom is 0.320 e. The van der Waals surface area contributed by atoms with Crippen molar-refractivity contribution in [2.24, 2.45) is 5.92 Å². The van der Waals surface area contributed by atoms with Crippen molar-refractivity contribution in [2.45, 2.75) is 26.2 Å². The number of aliphatic hydroxyl groups excluding tert-OH is 1. The summed E-state index contributed by atoms with van der Waals surface area (Å²) in [5.41, 5.74) is 3.95. The van der Waals surface area contributed by atoms with Gasteiger partial charge in [0.2, 0.25) is 0 Å². The van der Waals surface area contributed by atoms with E-state index < -0.39 is 0 Å². The van der Waals surface area contributed by atoms with E-state index in [0.29, 0.717) is 73.9 Å². The molecule has 0 aliphatic rings. The first-order valence-corrected chi connectivity index (χ1v) is 14.3. The molecule has 0 bridgehead atoms. The SMILES string of the molecule is CC(CCCc1ccccc1)CNC(=O)Nc1ccc2ncc(-c3ccc(OCCOCCOCCO)cc3)nc2n1. The van der Waals surface area contributed by atoms with E-state index in [1.54, 1.807) is 18.3 Å². The molecule has 1 atom stereocenters. The molecule has 222 valence electrons. The van der Waals surface area contributed by atoms with Gasteiger partial charge in [-0.2, -0.15) is 0 Å². The maximum atomic E-state index is 12.5. The van der Waals surface area contributed by atoms with Gasteiger partial charge < -0.3 is 24.6 Å². The summed E-state index contributed by atoms with van der Waals surface area (Å²) in [6.07, 6.45) is 4.85. The number of hydrogen-bond donors (Lipinski definition) is 3. The molecule has 1 unspecified atom stereocenters. The molecule has 0 aliphatic carbocycles. The molecule has 42 heavy (non-hydrogen) atoms. The summed E-state index contributed by atoms with van der Waals surface area (Å²) in [7, 11) is 0. The molecular formula is C32H39N5O5. The summed E-state index contributed by atoms with van der Waals surface area (Å²) in [5, 5.41) is 14.4. The number of pyridine rings is 1. The number of aromatic nitrogens is 3. The van der Waals surface area contributed by atoms with E-state index in [2.05, 4.69) is 56.8 Å². The fourth-order valence-corrected chi connectivity index (χ4v) is 4.26. The quantitative estimate of drug-likeness (QED) is 0.153. The number of amides is 2. The van der Waals surface area contributed by atoms with Crippen LogP contribution in [0.1, 0.15) is 25.3 Å². The van der Waals surface area contributed by atoms with E-state index in [-0.39, 0.29) is 12.6 Å². The second-order valence-electron chi connectivity index (χ2n) is 9.93. The molecule has 0 saturated heterocycles. The smallest absolute Gasteiger partial charge is 0.320 e. The van der Waals surface area contributed by atoms with Crippen LogP contribution in [0.25, 0.3) is 22.4 Å². The van der Waals surface area contributed by atoms with Crippen molar-refractivity contribution in [1.29, 1.82) is 0 Å². The number of anilines is 1. The highest BCUT2D eigenvalue weighted by atomic mass is 16.5. The van der Waals surface area contributed by atoms with E-state index >= 15 is 0 Å². The third-order valence-electron chi connectivity index (χ3n) is 6.52. The van der Waals surface area contributed by atoms with Gasteiger partial charge in [0, 0.05) is 12.1 Å². The van der Waals surface area contributed by atoms with Gasteiger partial charge in [0.25, 0.3) is 0 Å². The minimum atomic E-state index is -0.295. The minimum absolute atomic E-state index is 0.00748. The van der Waals surface area contributed by atoms with Gasteiger partial charge >= 0.3 is 6.03 Å². The highest BCUT2D eigenvalue weighted by molar-refractivity contribution is 5.89. The summed E-state index contributed by atoms with van der Waals surface area (Å²) >= 11 is 0. The number of ether oxygens (including phenoxy) is 3. The summed E-state index contributed by atoms with van der Waals surface area (Å²) in [4.78, 5) is 26.1. The predicted octanol–water partition coefficient (Wildman–Crippen LogP) is 4.88. The zero-order valence-corrected chi connectivity index (χ0v) is 24.0. The van der Waals surface area contributed by atoms with Crippen LogP contribution >= 0.6 is 0 Å². The highest BCUT2D eigenvalue weighted by Gasteiger charge is 2.10. The number of rotatable bonds is 17. The Balaban J connectivity index is 1.22. The van der Waals surface area contributed by atoms with Crippen LogP contribution in [0.4, 0.5) is 10.6 Å². The molecule has 2 aromatic carbocycles. The number of urea groups is 1. The lowest BCUT2D eigenvalue weighted by Gasteiger charge is -2.13. The van der Waals surface area contributed by atoms with Crippen molar-refractivity contribution in [3.8, 4) is 17.0 Å². The summed E-state index contributed by atoms with van der Waals surface area (Å²) in [6, 6.07) is 21.2. The van der Waals surface area contributed by atoms with Crippen molar-refractivity contribution in [1.82, 2.24) is 20.3 Å². The molecule has 0 aliphatic heterocycles. The molecule has 4 rings (SSSR count). The molecule has 0 spiro atoms. The molecule has 2 heterocycles. The molecule has 10 nitrogen and oxygen atoms in total. The van der Waals surface area contributed by atoms with Gasteiger partial charge in [-0.05, 0) is 67.1 Å². The number of nitrogens with one attached hydrogen (secondary N) is 2. The standard InChI is InChI=1S/C32H39N5O5/c1-24(6-5-9-25-7-3-2-4-8-25)22-34-32(39)37-30-15-14-28-31(36-30)35-29(23-33-28)26-10-12-27(13-11-26)42-21-20-41-19-18-40-17-16-38/h2-4,7-8,10-15,23-24,38H,5-6,9,16-22H2,1H3,(H2,34,35,36,37,39). The Hall–Kier alpha value is -4.12. The second-order valence-corrected chi connectivity index (χ2v) is 9.93. The number of nitrogens with zero attached hydrogens (tertiary/aromatic N) is 3. The lowest BCUT2D eigenvalue weighted by atomic mass is 10.0. The Bertz CT molecular complexity index is 1370. The van der Waals surface area contributed by atoms with Crippen LogP contribution in [0, 0.1) is 5.92 Å². The maximum absolute atomic E-state index is 12.5. The van der Waals surface area contributed by atoms with Gasteiger partial charge in [0.1, 0.15) is 23.7 Å². The second kappa shape index (κ2) is 17.0. The van der Waals surface area contributed by atoms with Gasteiger partial charge in [-0.1, -0.05) is 37.3 Å². The minimum Gasteiger partial charge on any atom is -0.491 e. The van der Waals surface area contributed by atoms with Gasteiger partial charge in [0.05, 0.1) is 44.9 Å². The average molecular weight is 574 g/mol. The van der Waals surface area contributed by atoms with E-state index in [4.69, 9.17) is 19.3 Å². The lowest BCUT2D eigenvalue weighted by Crippen LogP contribution is -2.32. The van der Waals surface area contributed by atoms with Crippen molar-refractivity contribution < 1.29 is 24.1 Å². The van der Waals surface area contributed by atoms with Gasteiger partial charge in [-0.25, -0.2) is 14.8 Å². The lowest BCUT2D eigenvalue weighted by molar-refractivity contribution is 0.0247. The zero-order valence-electron chi connectivity index (χ0n) is 24.0. The van der Waals surface area contributed by atoms with Crippen LogP contribution in [0.3, 0.4) is 0 Å². The number of benzene rings is 2. The topological polar surface area (TPSA) is 128 Å². The zero-order chi connectivity index (χ0) is 29.4. The Morgan fingerprint density at radius 1 is 0.905 bits per heavy atom. The number of carbonyl (C=O) groups is 1. The number of aryl methyl sites for hydroxylation is 1. The molecule has 0 radical (unpaired) electrons. The van der Waals surface area contributed by atoms with Crippen LogP contribution in [-0.2, 0) is 15.9 Å². The fraction of sp³-hybridized carbons (Fsp3) is 0.375. The van der Waals surface area contributed by atoms with E-state index in [9.17, 15) is 4.79 Å². The van der Waals surface area contributed by atoms with Gasteiger partial charge in [-0.3, -0.25) is 10.3 Å². The molecule has 2 amide bonds. The predicted molar refractivity (Wildman–Crippen MR) is 163 cm³/mol. The van der Waals surface area contributed by atoms with Crippen LogP contribution < -0.4 is 15.4 Å². The third-order valence-corrected chi connectivity index (χ3v) is 6.52. The van der Waals surface area contributed by atoms with Crippen molar-refractivity contribution >= 4 is 23.0 Å². The largest absolute Gasteiger partial charge is 0.491 e. The van der Waals surface area contributed by atoms with Gasteiger partial charge in [-0.15, -0.1) is 0 Å². The molecule has 0 saturated carbocycles. The average Bonchev–Trinajstić information content (AvgIpc) is 3.02. The van der Waals surface area contributed by atoms with Gasteiger partial charge in [0.15, 0.2) is 5.65 Å². The van der Waals surface area contributed by atoms with Crippen molar-refractivity contribution in [3.63, 3.8) is 0 Å². The number of aliphatic hydroxyl groups is 1. The Labute approximate surface area is 246 Å². The molecular weight excluding hydrogens is 534 g/mol. The first-order valence-electron chi connectivity index (χ1n) is 14.3. The summed E-state index contributed by atoms with van der Waals surface area (Å²) in [5.74, 6) is 1.49. The first kappa shape index (κ1) is 30.8. The number of fused-ring (bicyclic) bond motifs is 1. The summed E-state index contributed by atoms with van der Waals surface area (Å²) in [6.45, 7) is 4.80. The number of hydrogen-bond acceptors (Lipinski definition) is 8. The van der Waals surface area contributed by atoms with Crippen LogP contribution in [0.15, 0.2) is 72.9 Å². The van der Waals surface area contributed by atoms with Crippen molar-refractivity contribution in [2.75, 3.05) is 51.5 Å². The number of carbonyl (C=O) groups excluding carboxylic acids is 1. The highest BCUT2D eigenvalue weighted by Crippen LogP contribution is 2.22. The molecule has 3 N–H and O–H groups in total. The first-order chi connectivity index (χ1) is 20.6. The van der Waals surface area contributed by atoms with E-state index in [1.165, 1.54) is 5.56 Å². The summed E-state index contributed by atoms with van der Waals surface area (Å²) < 4.78 is 16.3. The molecule has 4 aromatic rings. The van der Waals surface area contributed by atoms with E-state index in [1.807, 2.05) is 30.3 Å². The molecule has 0 fully saturated rings. The monoisotopic (exact) mass is 573 g/mol. The molecule has 2 aromatic heterocycles. The fourth-order valence-electron chi connectivity index (χ4n) is 4.26. The van der Waals surface area contributed by atoms with Crippen molar-refractivity contribution in [3.05, 3.63) is 78.5 Å². The normalized spacial score (nSPS) is 11.8. The van der Waals surface area contributed by atoms with Crippen LogP contribution in [0.2, 0.25) is 0 Å². The Kier molecular flexibility index (Phi) is 12.5. The molecule has 10 heteroatoms. The van der Waals surface area contributed by atoms with Crippen LogP contribution in [0.5, 0.6) is 5.75 Å². The van der Waals surface area contributed by atoms with Crippen LogP contribution in [-0.4, -0.2) is 72.3 Å². The third kappa shape index (κ3) is 10.4. The van der Waals surface area contributed by atoms with E-state index in [0.717, 1.165) is 24.8 Å².